The second-order valence-electron chi connectivity index (χ2n) is 9.12. The number of methoxy groups -OCH3 is 2. The zero-order valence-electron chi connectivity index (χ0n) is 20.1. The molecular weight excluding hydrogens is 428 g/mol. The summed E-state index contributed by atoms with van der Waals surface area (Å²) >= 11 is 0. The highest BCUT2D eigenvalue weighted by Crippen LogP contribution is 2.34. The molecule has 0 unspecified atom stereocenters. The number of hydrogen-bond donors (Lipinski definition) is 0. The molecule has 2 aromatic heterocycles. The zero-order valence-corrected chi connectivity index (χ0v) is 20.1. The lowest BCUT2D eigenvalue weighted by molar-refractivity contribution is 0.0603. The molecule has 1 aliphatic heterocycles. The van der Waals surface area contributed by atoms with Crippen LogP contribution in [0.4, 0.5) is 5.69 Å². The maximum atomic E-state index is 12.6. The summed E-state index contributed by atoms with van der Waals surface area (Å²) in [4.78, 5) is 19.7. The first-order chi connectivity index (χ1) is 16.5. The number of carbonyl (C=O) groups is 1. The van der Waals surface area contributed by atoms with Crippen LogP contribution in [0.2, 0.25) is 0 Å². The molecule has 1 aliphatic rings. The van der Waals surface area contributed by atoms with E-state index in [0.29, 0.717) is 11.7 Å². The molecule has 1 fully saturated rings. The number of pyridine rings is 1. The van der Waals surface area contributed by atoms with Gasteiger partial charge in [0.1, 0.15) is 0 Å². The highest BCUT2D eigenvalue weighted by Gasteiger charge is 2.21. The van der Waals surface area contributed by atoms with Crippen LogP contribution in [0.15, 0.2) is 48.8 Å². The number of anilines is 1. The molecule has 1 saturated heterocycles. The number of esters is 1. The number of aromatic nitrogens is 3. The van der Waals surface area contributed by atoms with Gasteiger partial charge in [0.2, 0.25) is 0 Å². The summed E-state index contributed by atoms with van der Waals surface area (Å²) in [5.41, 5.74) is 5.50. The summed E-state index contributed by atoms with van der Waals surface area (Å²) in [6.45, 7) is 6.09. The monoisotopic (exact) mass is 458 g/mol. The van der Waals surface area contributed by atoms with E-state index in [0.717, 1.165) is 58.9 Å². The van der Waals surface area contributed by atoms with Gasteiger partial charge in [-0.2, -0.15) is 5.10 Å². The minimum atomic E-state index is -0.365. The third-order valence-electron chi connectivity index (χ3n) is 6.78. The molecule has 3 heterocycles. The third kappa shape index (κ3) is 3.90. The molecule has 7 heteroatoms. The number of rotatable bonds is 5. The predicted octanol–water partition coefficient (Wildman–Crippen LogP) is 5.23. The first-order valence-electron chi connectivity index (χ1n) is 11.8. The maximum absolute atomic E-state index is 12.6. The average molecular weight is 459 g/mol. The molecule has 4 aromatic rings. The number of nitrogens with zero attached hydrogens (tertiary/aromatic N) is 4. The van der Waals surface area contributed by atoms with Crippen LogP contribution < -0.4 is 4.90 Å². The Labute approximate surface area is 199 Å². The van der Waals surface area contributed by atoms with Crippen molar-refractivity contribution in [1.82, 2.24) is 14.8 Å². The van der Waals surface area contributed by atoms with Gasteiger partial charge in [0.25, 0.3) is 0 Å². The minimum Gasteiger partial charge on any atom is -0.465 e. The van der Waals surface area contributed by atoms with E-state index in [1.165, 1.54) is 12.8 Å². The molecule has 0 amide bonds. The van der Waals surface area contributed by atoms with Gasteiger partial charge in [-0.1, -0.05) is 12.1 Å². The van der Waals surface area contributed by atoms with Crippen molar-refractivity contribution in [2.45, 2.75) is 38.8 Å². The van der Waals surface area contributed by atoms with Crippen LogP contribution in [-0.2, 0) is 9.47 Å². The van der Waals surface area contributed by atoms with Crippen molar-refractivity contribution in [2.75, 3.05) is 32.2 Å². The Morgan fingerprint density at radius 3 is 2.53 bits per heavy atom. The molecule has 0 radical (unpaired) electrons. The number of ether oxygens (including phenoxy) is 2. The lowest BCUT2D eigenvalue weighted by Gasteiger charge is -2.33. The Kier molecular flexibility index (Phi) is 5.96. The van der Waals surface area contributed by atoms with E-state index >= 15 is 0 Å². The molecule has 5 rings (SSSR count). The maximum Gasteiger partial charge on any atom is 0.338 e. The van der Waals surface area contributed by atoms with Crippen molar-refractivity contribution >= 4 is 33.5 Å². The zero-order chi connectivity index (χ0) is 23.8. The van der Waals surface area contributed by atoms with Crippen molar-refractivity contribution in [3.8, 4) is 11.1 Å². The SMILES string of the molecule is COC(=O)c1cc(-c2ccc3c(N4CCC(OC)CC4)ccnc3c2)cc2c1cnn2C(C)C. The largest absolute Gasteiger partial charge is 0.465 e. The number of fused-ring (bicyclic) bond motifs is 2. The Hall–Kier alpha value is -3.45. The number of hydrogen-bond acceptors (Lipinski definition) is 6. The fraction of sp³-hybridized carbons (Fsp3) is 0.370. The number of benzene rings is 2. The number of piperidine rings is 1. The van der Waals surface area contributed by atoms with Crippen molar-refractivity contribution in [1.29, 1.82) is 0 Å². The van der Waals surface area contributed by atoms with Crippen LogP contribution in [0.1, 0.15) is 43.1 Å². The van der Waals surface area contributed by atoms with Gasteiger partial charge in [-0.05, 0) is 62.1 Å². The van der Waals surface area contributed by atoms with Gasteiger partial charge in [-0.25, -0.2) is 4.79 Å². The van der Waals surface area contributed by atoms with E-state index in [9.17, 15) is 4.79 Å². The summed E-state index contributed by atoms with van der Waals surface area (Å²) < 4.78 is 12.5. The smallest absolute Gasteiger partial charge is 0.338 e. The minimum absolute atomic E-state index is 0.168. The summed E-state index contributed by atoms with van der Waals surface area (Å²) in [6, 6.07) is 12.6. The van der Waals surface area contributed by atoms with Gasteiger partial charge >= 0.3 is 5.97 Å². The third-order valence-corrected chi connectivity index (χ3v) is 6.78. The lowest BCUT2D eigenvalue weighted by Crippen LogP contribution is -2.36. The van der Waals surface area contributed by atoms with E-state index in [1.54, 1.807) is 13.3 Å². The highest BCUT2D eigenvalue weighted by molar-refractivity contribution is 6.06. The van der Waals surface area contributed by atoms with E-state index in [-0.39, 0.29) is 12.0 Å². The Morgan fingerprint density at radius 2 is 1.82 bits per heavy atom. The van der Waals surface area contributed by atoms with Crippen molar-refractivity contribution in [3.05, 3.63) is 54.4 Å². The molecule has 176 valence electrons. The Bertz CT molecular complexity index is 1350. The average Bonchev–Trinajstić information content (AvgIpc) is 3.31. The molecule has 2 aromatic carbocycles. The van der Waals surface area contributed by atoms with E-state index in [4.69, 9.17) is 9.47 Å². The van der Waals surface area contributed by atoms with Crippen LogP contribution in [0, 0.1) is 0 Å². The van der Waals surface area contributed by atoms with Gasteiger partial charge < -0.3 is 14.4 Å². The van der Waals surface area contributed by atoms with Crippen molar-refractivity contribution in [3.63, 3.8) is 0 Å². The van der Waals surface area contributed by atoms with E-state index in [2.05, 4.69) is 59.2 Å². The van der Waals surface area contributed by atoms with Crippen LogP contribution in [-0.4, -0.2) is 54.1 Å². The van der Waals surface area contributed by atoms with E-state index < -0.39 is 0 Å². The fourth-order valence-corrected chi connectivity index (χ4v) is 4.92. The van der Waals surface area contributed by atoms with Crippen LogP contribution in [0.5, 0.6) is 0 Å². The van der Waals surface area contributed by atoms with Gasteiger partial charge in [0.05, 0.1) is 36.0 Å². The normalized spacial score (nSPS) is 14.9. The molecule has 7 nitrogen and oxygen atoms in total. The first kappa shape index (κ1) is 22.3. The van der Waals surface area contributed by atoms with Gasteiger partial charge in [-0.3, -0.25) is 9.67 Å². The first-order valence-corrected chi connectivity index (χ1v) is 11.8. The Morgan fingerprint density at radius 1 is 1.03 bits per heavy atom. The molecule has 0 aliphatic carbocycles. The standard InChI is InChI=1S/C27H30N4O3/c1-17(2)31-26-15-19(13-22(27(32)34-4)23(26)16-29-31)18-5-6-21-24(14-18)28-10-7-25(21)30-11-8-20(33-3)9-12-30/h5-7,10,13-17,20H,8-9,11-12H2,1-4H3. The number of carbonyl (C=O) groups excluding carboxylic acids is 1. The van der Waals surface area contributed by atoms with Gasteiger partial charge in [-0.15, -0.1) is 0 Å². The molecule has 0 atom stereocenters. The summed E-state index contributed by atoms with van der Waals surface area (Å²) in [7, 11) is 3.20. The summed E-state index contributed by atoms with van der Waals surface area (Å²) in [6.07, 6.45) is 6.01. The van der Waals surface area contributed by atoms with E-state index in [1.807, 2.05) is 16.9 Å². The second kappa shape index (κ2) is 9.06. The Balaban J connectivity index is 1.59. The highest BCUT2D eigenvalue weighted by atomic mass is 16.5. The molecule has 0 bridgehead atoms. The van der Waals surface area contributed by atoms with Gasteiger partial charge in [0, 0.05) is 48.9 Å². The molecule has 0 N–H and O–H groups in total. The lowest BCUT2D eigenvalue weighted by atomic mass is 9.98. The molecule has 34 heavy (non-hydrogen) atoms. The van der Waals surface area contributed by atoms with Crippen LogP contribution in [0.3, 0.4) is 0 Å². The fourth-order valence-electron chi connectivity index (χ4n) is 4.92. The van der Waals surface area contributed by atoms with Crippen LogP contribution in [0.25, 0.3) is 32.9 Å². The van der Waals surface area contributed by atoms with Crippen molar-refractivity contribution in [2.24, 2.45) is 0 Å². The molecule has 0 spiro atoms. The topological polar surface area (TPSA) is 69.5 Å². The summed E-state index contributed by atoms with van der Waals surface area (Å²) in [5, 5.41) is 6.44. The predicted molar refractivity (Wildman–Crippen MR) is 134 cm³/mol. The second-order valence-corrected chi connectivity index (χ2v) is 9.12. The van der Waals surface area contributed by atoms with Crippen LogP contribution >= 0.6 is 0 Å². The molecular formula is C27H30N4O3. The molecule has 0 saturated carbocycles. The van der Waals surface area contributed by atoms with Gasteiger partial charge in [0.15, 0.2) is 0 Å². The van der Waals surface area contributed by atoms with Crippen molar-refractivity contribution < 1.29 is 14.3 Å². The quantitative estimate of drug-likeness (QED) is 0.381. The summed E-state index contributed by atoms with van der Waals surface area (Å²) in [5.74, 6) is -0.365.